The molecule has 0 unspecified atom stereocenters. The Kier molecular flexibility index (Phi) is 48.5. The molecule has 0 amide bonds. The molecule has 0 aromatic heterocycles. The molecule has 328 valence electrons. The second-order valence-electron chi connectivity index (χ2n) is 15.1. The highest BCUT2D eigenvalue weighted by atomic mass is 33.5. The van der Waals surface area contributed by atoms with E-state index in [1.807, 2.05) is 41.2 Å². The number of esters is 2. The van der Waals surface area contributed by atoms with Gasteiger partial charge in [0.1, 0.15) is 13.2 Å². The Balaban J connectivity index is 3.42. The third-order valence-electron chi connectivity index (χ3n) is 9.69. The third-order valence-corrected chi connectivity index (χ3v) is 18.3. The number of unbranched alkanes of at least 4 members (excludes halogenated alkanes) is 22. The highest BCUT2D eigenvalue weighted by Gasteiger charge is 2.09. The quantitative estimate of drug-likeness (QED) is 0.0332. The number of rotatable bonds is 46. The highest BCUT2D eigenvalue weighted by molar-refractivity contribution is 9.09. The van der Waals surface area contributed by atoms with Gasteiger partial charge in [-0.2, -0.15) is 0 Å². The molecule has 0 aliphatic rings. The average molecular weight is 888 g/mol. The fourth-order valence-electron chi connectivity index (χ4n) is 6.13. The zero-order chi connectivity index (χ0) is 40.1. The van der Waals surface area contributed by atoms with Gasteiger partial charge in [0.2, 0.25) is 0 Å². The molecule has 0 aliphatic heterocycles. The summed E-state index contributed by atoms with van der Waals surface area (Å²) in [5.74, 6) is 3.89. The van der Waals surface area contributed by atoms with Gasteiger partial charge in [-0.15, -0.1) is 0 Å². The zero-order valence-electron chi connectivity index (χ0n) is 36.1. The van der Waals surface area contributed by atoms with Crippen molar-refractivity contribution in [2.45, 2.75) is 187 Å². The molecular formula is C43H86N2O4S6. The first-order valence-electron chi connectivity index (χ1n) is 22.5. The second kappa shape index (κ2) is 47.6. The largest absolute Gasteiger partial charge is 0.465 e. The summed E-state index contributed by atoms with van der Waals surface area (Å²) in [6, 6.07) is 0. The SMILES string of the molecule is CCCCCCCCCCCCCCSSSCCOC(=O)CCN(C)CCCN(C)CCC(=O)OCCSSSCCCCCCCCCCCCCC. The van der Waals surface area contributed by atoms with E-state index < -0.39 is 0 Å². The van der Waals surface area contributed by atoms with E-state index in [0.29, 0.717) is 39.1 Å². The van der Waals surface area contributed by atoms with E-state index in [1.165, 1.54) is 166 Å². The van der Waals surface area contributed by atoms with Crippen LogP contribution in [0.4, 0.5) is 0 Å². The van der Waals surface area contributed by atoms with Gasteiger partial charge in [0.05, 0.1) is 12.8 Å². The Morgan fingerprint density at radius 3 is 1.00 bits per heavy atom. The molecule has 0 bridgehead atoms. The first-order valence-corrected chi connectivity index (χ1v) is 30.1. The van der Waals surface area contributed by atoms with Crippen molar-refractivity contribution in [1.82, 2.24) is 9.80 Å². The van der Waals surface area contributed by atoms with Crippen molar-refractivity contribution in [2.24, 2.45) is 0 Å². The van der Waals surface area contributed by atoms with Gasteiger partial charge < -0.3 is 19.3 Å². The Morgan fingerprint density at radius 1 is 0.382 bits per heavy atom. The Morgan fingerprint density at radius 2 is 0.673 bits per heavy atom. The molecule has 0 aromatic rings. The predicted molar refractivity (Wildman–Crippen MR) is 258 cm³/mol. The van der Waals surface area contributed by atoms with Gasteiger partial charge in [-0.3, -0.25) is 9.59 Å². The van der Waals surface area contributed by atoms with Crippen LogP contribution in [-0.4, -0.2) is 98.2 Å². The lowest BCUT2D eigenvalue weighted by atomic mass is 10.1. The van der Waals surface area contributed by atoms with Crippen LogP contribution in [0.5, 0.6) is 0 Å². The number of carbonyl (C=O) groups is 2. The van der Waals surface area contributed by atoms with E-state index in [2.05, 4.69) is 37.7 Å². The highest BCUT2D eigenvalue weighted by Crippen LogP contribution is 2.35. The summed E-state index contributed by atoms with van der Waals surface area (Å²) < 4.78 is 10.9. The summed E-state index contributed by atoms with van der Waals surface area (Å²) in [4.78, 5) is 28.7. The number of hydrogen-bond donors (Lipinski definition) is 0. The molecule has 55 heavy (non-hydrogen) atoms. The summed E-state index contributed by atoms with van der Waals surface area (Å²) in [5, 5.41) is 0. The molecule has 0 fully saturated rings. The fraction of sp³-hybridized carbons (Fsp3) is 0.953. The van der Waals surface area contributed by atoms with Crippen LogP contribution in [0.2, 0.25) is 0 Å². The van der Waals surface area contributed by atoms with Crippen molar-refractivity contribution in [1.29, 1.82) is 0 Å². The molecule has 0 saturated heterocycles. The molecule has 6 nitrogen and oxygen atoms in total. The number of ether oxygens (including phenoxy) is 2. The monoisotopic (exact) mass is 886 g/mol. The van der Waals surface area contributed by atoms with Crippen molar-refractivity contribution < 1.29 is 19.1 Å². The first kappa shape index (κ1) is 56.0. The Bertz CT molecular complexity index is 742. The van der Waals surface area contributed by atoms with Gasteiger partial charge in [0.15, 0.2) is 0 Å². The normalized spacial score (nSPS) is 11.6. The molecule has 0 atom stereocenters. The van der Waals surface area contributed by atoms with Crippen LogP contribution in [0.25, 0.3) is 0 Å². The van der Waals surface area contributed by atoms with Crippen LogP contribution in [0.3, 0.4) is 0 Å². The smallest absolute Gasteiger partial charge is 0.307 e. The summed E-state index contributed by atoms with van der Waals surface area (Å²) >= 11 is 0. The van der Waals surface area contributed by atoms with E-state index >= 15 is 0 Å². The minimum Gasteiger partial charge on any atom is -0.465 e. The van der Waals surface area contributed by atoms with E-state index in [4.69, 9.17) is 9.47 Å². The van der Waals surface area contributed by atoms with Crippen molar-refractivity contribution in [3.05, 3.63) is 0 Å². The van der Waals surface area contributed by atoms with Crippen LogP contribution in [0, 0.1) is 0 Å². The molecule has 0 radical (unpaired) electrons. The van der Waals surface area contributed by atoms with Crippen LogP contribution in [0.15, 0.2) is 0 Å². The summed E-state index contributed by atoms with van der Waals surface area (Å²) in [6.07, 6.45) is 35.3. The molecule has 0 rings (SSSR count). The summed E-state index contributed by atoms with van der Waals surface area (Å²) in [7, 11) is 15.2. The molecule has 0 spiro atoms. The van der Waals surface area contributed by atoms with E-state index in [-0.39, 0.29) is 11.9 Å². The van der Waals surface area contributed by atoms with E-state index in [0.717, 1.165) is 31.0 Å². The molecular weight excluding hydrogens is 801 g/mol. The zero-order valence-corrected chi connectivity index (χ0v) is 41.0. The minimum atomic E-state index is -0.109. The Labute approximate surface area is 364 Å². The van der Waals surface area contributed by atoms with Crippen molar-refractivity contribution in [3.63, 3.8) is 0 Å². The molecule has 0 saturated carbocycles. The third kappa shape index (κ3) is 47.5. The maximum atomic E-state index is 12.2. The summed E-state index contributed by atoms with van der Waals surface area (Å²) in [5.41, 5.74) is 0. The lowest BCUT2D eigenvalue weighted by Gasteiger charge is -2.20. The number of carbonyl (C=O) groups excluding carboxylic acids is 2. The number of nitrogens with zero attached hydrogens (tertiary/aromatic N) is 2. The Hall–Kier alpha value is 0.960. The first-order chi connectivity index (χ1) is 27.0. The molecule has 0 aromatic carbocycles. The minimum absolute atomic E-state index is 0.109. The lowest BCUT2D eigenvalue weighted by Crippen LogP contribution is -2.29. The molecule has 0 N–H and O–H groups in total. The molecule has 0 heterocycles. The maximum Gasteiger partial charge on any atom is 0.307 e. The fourth-order valence-corrected chi connectivity index (χ4v) is 13.5. The van der Waals surface area contributed by atoms with Gasteiger partial charge >= 0.3 is 11.9 Å². The van der Waals surface area contributed by atoms with Crippen molar-refractivity contribution in [2.75, 3.05) is 76.5 Å². The van der Waals surface area contributed by atoms with Gasteiger partial charge in [-0.05, 0) is 66.1 Å². The number of hydrogen-bond acceptors (Lipinski definition) is 12. The van der Waals surface area contributed by atoms with Crippen LogP contribution in [0.1, 0.15) is 187 Å². The van der Waals surface area contributed by atoms with Gasteiger partial charge in [-0.1, -0.05) is 198 Å². The topological polar surface area (TPSA) is 59.1 Å². The van der Waals surface area contributed by atoms with E-state index in [1.54, 1.807) is 21.6 Å². The lowest BCUT2D eigenvalue weighted by molar-refractivity contribution is -0.144. The van der Waals surface area contributed by atoms with Gasteiger partial charge in [-0.25, -0.2) is 0 Å². The van der Waals surface area contributed by atoms with E-state index in [9.17, 15) is 9.59 Å². The predicted octanol–water partition coefficient (Wildman–Crippen LogP) is 14.6. The summed E-state index contributed by atoms with van der Waals surface area (Å²) in [6.45, 7) is 8.79. The van der Waals surface area contributed by atoms with Crippen LogP contribution in [-0.2, 0) is 19.1 Å². The van der Waals surface area contributed by atoms with Crippen molar-refractivity contribution in [3.8, 4) is 0 Å². The molecule has 12 heteroatoms. The average Bonchev–Trinajstić information content (AvgIpc) is 3.18. The van der Waals surface area contributed by atoms with Gasteiger partial charge in [0.25, 0.3) is 0 Å². The second-order valence-corrected chi connectivity index (χ2v) is 24.0. The van der Waals surface area contributed by atoms with Crippen LogP contribution >= 0.6 is 62.8 Å². The van der Waals surface area contributed by atoms with Crippen LogP contribution < -0.4 is 0 Å². The van der Waals surface area contributed by atoms with Gasteiger partial charge in [0, 0.05) is 36.1 Å². The van der Waals surface area contributed by atoms with Crippen molar-refractivity contribution >= 4 is 74.8 Å². The standard InChI is InChI=1S/C43H86N2O4S6/c1-5-7-9-11-13-15-17-19-21-23-25-27-38-50-54-52-40-36-48-42(46)30-34-44(3)32-29-33-45(4)35-31-43(47)49-37-41-53-55-51-39-28-26-24-22-20-18-16-14-12-10-8-6-2/h5-41H2,1-4H3. The maximum absolute atomic E-state index is 12.2. The molecule has 0 aliphatic carbocycles.